The minimum Gasteiger partial charge on any atom is -0.423 e. The SMILES string of the molecule is O=Cc1ccc(OC(=O)c2cc(C(=O)Oc3ccc(C=O)cc3)cc(C(=O)Oc3ccc(C=O)cc3)c2)cc1. The fourth-order valence-corrected chi connectivity index (χ4v) is 3.32. The maximum atomic E-state index is 12.9. The molecule has 4 rings (SSSR count). The van der Waals surface area contributed by atoms with Crippen molar-refractivity contribution in [1.29, 1.82) is 0 Å². The van der Waals surface area contributed by atoms with E-state index in [0.29, 0.717) is 35.5 Å². The van der Waals surface area contributed by atoms with Crippen molar-refractivity contribution in [3.63, 3.8) is 0 Å². The normalized spacial score (nSPS) is 10.2. The Bertz CT molecular complexity index is 1350. The Morgan fingerprint density at radius 3 is 0.846 bits per heavy atom. The zero-order valence-electron chi connectivity index (χ0n) is 20.1. The predicted molar refractivity (Wildman–Crippen MR) is 137 cm³/mol. The van der Waals surface area contributed by atoms with Crippen molar-refractivity contribution >= 4 is 36.8 Å². The highest BCUT2D eigenvalue weighted by Gasteiger charge is 2.20. The van der Waals surface area contributed by atoms with Crippen LogP contribution in [0.3, 0.4) is 0 Å². The van der Waals surface area contributed by atoms with Gasteiger partial charge in [-0.2, -0.15) is 0 Å². The number of esters is 3. The number of carbonyl (C=O) groups is 6. The van der Waals surface area contributed by atoms with Crippen LogP contribution < -0.4 is 14.2 Å². The highest BCUT2D eigenvalue weighted by Crippen LogP contribution is 2.20. The van der Waals surface area contributed by atoms with E-state index in [2.05, 4.69) is 0 Å². The van der Waals surface area contributed by atoms with Crippen LogP contribution in [0.15, 0.2) is 91.0 Å². The van der Waals surface area contributed by atoms with Gasteiger partial charge in [-0.15, -0.1) is 0 Å². The summed E-state index contributed by atoms with van der Waals surface area (Å²) in [5, 5.41) is 0. The molecule has 0 radical (unpaired) electrons. The van der Waals surface area contributed by atoms with E-state index in [1.54, 1.807) is 0 Å². The standard InChI is InChI=1S/C30H18O9/c31-16-19-1-7-25(8-2-19)37-28(34)22-13-23(29(35)38-26-9-3-20(17-32)4-10-26)15-24(14-22)30(36)39-27-11-5-21(18-33)6-12-27/h1-18H. The van der Waals surface area contributed by atoms with Crippen molar-refractivity contribution < 1.29 is 43.0 Å². The van der Waals surface area contributed by atoms with Crippen molar-refractivity contribution in [2.75, 3.05) is 0 Å². The molecular weight excluding hydrogens is 504 g/mol. The highest BCUT2D eigenvalue weighted by molar-refractivity contribution is 6.02. The molecule has 0 unspecified atom stereocenters. The minimum absolute atomic E-state index is 0.133. The first-order chi connectivity index (χ1) is 18.9. The van der Waals surface area contributed by atoms with Crippen molar-refractivity contribution in [2.24, 2.45) is 0 Å². The molecule has 0 aromatic heterocycles. The molecule has 0 spiro atoms. The van der Waals surface area contributed by atoms with E-state index in [1.807, 2.05) is 0 Å². The van der Waals surface area contributed by atoms with Crippen LogP contribution in [0.4, 0.5) is 0 Å². The lowest BCUT2D eigenvalue weighted by Gasteiger charge is -2.10. The first-order valence-electron chi connectivity index (χ1n) is 11.4. The van der Waals surface area contributed by atoms with Crippen molar-refractivity contribution in [1.82, 2.24) is 0 Å². The molecule has 0 N–H and O–H groups in total. The molecule has 192 valence electrons. The molecule has 0 saturated heterocycles. The summed E-state index contributed by atoms with van der Waals surface area (Å²) >= 11 is 0. The summed E-state index contributed by atoms with van der Waals surface area (Å²) in [6.07, 6.45) is 1.91. The van der Waals surface area contributed by atoms with Crippen LogP contribution in [0.2, 0.25) is 0 Å². The van der Waals surface area contributed by atoms with Gasteiger partial charge >= 0.3 is 17.9 Å². The summed E-state index contributed by atoms with van der Waals surface area (Å²) in [7, 11) is 0. The monoisotopic (exact) mass is 522 g/mol. The molecule has 39 heavy (non-hydrogen) atoms. The number of hydrogen-bond donors (Lipinski definition) is 0. The number of rotatable bonds is 9. The first kappa shape index (κ1) is 26.4. The van der Waals surface area contributed by atoms with E-state index in [0.717, 1.165) is 0 Å². The van der Waals surface area contributed by atoms with Gasteiger partial charge in [0, 0.05) is 16.7 Å². The third-order valence-electron chi connectivity index (χ3n) is 5.32. The third-order valence-corrected chi connectivity index (χ3v) is 5.32. The first-order valence-corrected chi connectivity index (χ1v) is 11.4. The summed E-state index contributed by atoms with van der Waals surface area (Å²) in [6.45, 7) is 0. The summed E-state index contributed by atoms with van der Waals surface area (Å²) in [4.78, 5) is 71.3. The third kappa shape index (κ3) is 6.75. The minimum atomic E-state index is -0.886. The van der Waals surface area contributed by atoms with Crippen LogP contribution >= 0.6 is 0 Å². The van der Waals surface area contributed by atoms with E-state index < -0.39 is 17.9 Å². The van der Waals surface area contributed by atoms with Crippen molar-refractivity contribution in [3.8, 4) is 17.2 Å². The Labute approximate surface area is 221 Å². The second-order valence-electron chi connectivity index (χ2n) is 8.03. The maximum Gasteiger partial charge on any atom is 0.343 e. The number of hydrogen-bond acceptors (Lipinski definition) is 9. The van der Waals surface area contributed by atoms with Gasteiger partial charge in [-0.1, -0.05) is 0 Å². The van der Waals surface area contributed by atoms with Crippen LogP contribution in [0.25, 0.3) is 0 Å². The van der Waals surface area contributed by atoms with Gasteiger partial charge < -0.3 is 14.2 Å². The van der Waals surface area contributed by atoms with Gasteiger partial charge in [0.05, 0.1) is 16.7 Å². The van der Waals surface area contributed by atoms with E-state index >= 15 is 0 Å². The van der Waals surface area contributed by atoms with E-state index in [-0.39, 0.29) is 33.9 Å². The number of aldehydes is 3. The molecule has 0 fully saturated rings. The topological polar surface area (TPSA) is 130 Å². The molecule has 0 aliphatic rings. The smallest absolute Gasteiger partial charge is 0.343 e. The van der Waals surface area contributed by atoms with E-state index in [9.17, 15) is 28.8 Å². The maximum absolute atomic E-state index is 12.9. The van der Waals surface area contributed by atoms with Gasteiger partial charge in [0.2, 0.25) is 0 Å². The molecule has 0 aliphatic carbocycles. The lowest BCUT2D eigenvalue weighted by molar-refractivity contribution is 0.0734. The Morgan fingerprint density at radius 1 is 0.410 bits per heavy atom. The predicted octanol–water partition coefficient (Wildman–Crippen LogP) is 4.78. The van der Waals surface area contributed by atoms with Gasteiger partial charge in [-0.05, 0) is 91.0 Å². The van der Waals surface area contributed by atoms with Crippen LogP contribution in [-0.4, -0.2) is 36.8 Å². The average Bonchev–Trinajstić information content (AvgIpc) is 2.98. The summed E-state index contributed by atoms with van der Waals surface area (Å²) in [5.74, 6) is -2.26. The van der Waals surface area contributed by atoms with Crippen molar-refractivity contribution in [2.45, 2.75) is 0 Å². The Kier molecular flexibility index (Phi) is 8.13. The van der Waals surface area contributed by atoms with Gasteiger partial charge in [-0.3, -0.25) is 14.4 Å². The largest absolute Gasteiger partial charge is 0.423 e. The van der Waals surface area contributed by atoms with Crippen LogP contribution in [0, 0.1) is 0 Å². The molecule has 0 saturated carbocycles. The fourth-order valence-electron chi connectivity index (χ4n) is 3.32. The molecule has 0 bridgehead atoms. The number of benzene rings is 4. The molecule has 0 amide bonds. The van der Waals surface area contributed by atoms with Gasteiger partial charge in [0.25, 0.3) is 0 Å². The second-order valence-corrected chi connectivity index (χ2v) is 8.03. The van der Waals surface area contributed by atoms with Crippen LogP contribution in [-0.2, 0) is 0 Å². The summed E-state index contributed by atoms with van der Waals surface area (Å²) < 4.78 is 16.0. The quantitative estimate of drug-likeness (QED) is 0.173. The average molecular weight is 522 g/mol. The van der Waals surface area contributed by atoms with Gasteiger partial charge in [-0.25, -0.2) is 14.4 Å². The molecule has 4 aromatic rings. The number of carbonyl (C=O) groups excluding carboxylic acids is 6. The fraction of sp³-hybridized carbons (Fsp3) is 0. The van der Waals surface area contributed by atoms with E-state index in [1.165, 1.54) is 91.0 Å². The van der Waals surface area contributed by atoms with Gasteiger partial charge in [0.15, 0.2) is 0 Å². The lowest BCUT2D eigenvalue weighted by atomic mass is 10.1. The summed E-state index contributed by atoms with van der Waals surface area (Å²) in [6, 6.07) is 20.8. The lowest BCUT2D eigenvalue weighted by Crippen LogP contribution is -2.16. The molecule has 0 aliphatic heterocycles. The molecular formula is C30H18O9. The Hall–Kier alpha value is -5.70. The zero-order chi connectivity index (χ0) is 27.8. The molecule has 9 nitrogen and oxygen atoms in total. The second kappa shape index (κ2) is 12.0. The Morgan fingerprint density at radius 2 is 0.641 bits per heavy atom. The Balaban J connectivity index is 1.63. The zero-order valence-corrected chi connectivity index (χ0v) is 20.1. The van der Waals surface area contributed by atoms with Gasteiger partial charge in [0.1, 0.15) is 36.1 Å². The highest BCUT2D eigenvalue weighted by atomic mass is 16.5. The van der Waals surface area contributed by atoms with Crippen molar-refractivity contribution in [3.05, 3.63) is 124 Å². The molecule has 9 heteroatoms. The van der Waals surface area contributed by atoms with Crippen LogP contribution in [0.1, 0.15) is 62.1 Å². The summed E-state index contributed by atoms with van der Waals surface area (Å²) in [5.41, 5.74) is 0.696. The molecule has 0 atom stereocenters. The van der Waals surface area contributed by atoms with Crippen LogP contribution in [0.5, 0.6) is 17.2 Å². The molecule has 4 aromatic carbocycles. The molecule has 0 heterocycles. The number of ether oxygens (including phenoxy) is 3. The van der Waals surface area contributed by atoms with E-state index in [4.69, 9.17) is 14.2 Å².